The van der Waals surface area contributed by atoms with Crippen molar-refractivity contribution in [1.29, 1.82) is 0 Å². The minimum Gasteiger partial charge on any atom is -0.323 e. The maximum absolute atomic E-state index is 12.5. The van der Waals surface area contributed by atoms with Crippen LogP contribution in [0.4, 0.5) is 39.5 Å². The van der Waals surface area contributed by atoms with Crippen molar-refractivity contribution in [2.45, 2.75) is 23.0 Å². The lowest BCUT2D eigenvalue weighted by Crippen LogP contribution is -2.64. The smallest absolute Gasteiger partial charge is 0.323 e. The van der Waals surface area contributed by atoms with E-state index < -0.39 is 39.8 Å². The quantitative estimate of drug-likeness (QED) is 0.583. The lowest BCUT2D eigenvalue weighted by atomic mass is 10.1. The van der Waals surface area contributed by atoms with Gasteiger partial charge in [0.05, 0.1) is 0 Å². The van der Waals surface area contributed by atoms with E-state index in [0.29, 0.717) is 0 Å². The average molecular weight is 359 g/mol. The van der Waals surface area contributed by atoms with Gasteiger partial charge in [-0.1, -0.05) is 0 Å². The first-order valence-electron chi connectivity index (χ1n) is 4.60. The summed E-state index contributed by atoms with van der Waals surface area (Å²) in [7, 11) is -3.38. The van der Waals surface area contributed by atoms with Gasteiger partial charge in [0.2, 0.25) is 0 Å². The average Bonchev–Trinajstić information content (AvgIpc) is 2.27. The number of halogens is 9. The minimum absolute atomic E-state index is 1.88. The molecule has 0 saturated heterocycles. The second-order valence-electron chi connectivity index (χ2n) is 3.48. The number of alkyl halides is 9. The molecule has 0 aliphatic rings. The SMILES string of the molecule is CNC.O=S(=O)(O)C(F)(F)C(F)(F)C(F)(F)C(F)(F)CF. The van der Waals surface area contributed by atoms with E-state index in [1.807, 2.05) is 14.1 Å². The molecule has 0 radical (unpaired) electrons. The van der Waals surface area contributed by atoms with Gasteiger partial charge in [0, 0.05) is 0 Å². The fourth-order valence-corrected chi connectivity index (χ4v) is 1.11. The highest BCUT2D eigenvalue weighted by Gasteiger charge is 2.84. The van der Waals surface area contributed by atoms with Crippen molar-refractivity contribution in [3.63, 3.8) is 0 Å². The first-order valence-corrected chi connectivity index (χ1v) is 6.04. The van der Waals surface area contributed by atoms with E-state index in [4.69, 9.17) is 4.55 Å². The largest absolute Gasteiger partial charge is 0.438 e. The first-order chi connectivity index (χ1) is 8.97. The van der Waals surface area contributed by atoms with Crippen LogP contribution in [-0.4, -0.2) is 56.8 Å². The highest BCUT2D eigenvalue weighted by Crippen LogP contribution is 2.54. The maximum Gasteiger partial charge on any atom is 0.438 e. The fraction of sp³-hybridized carbons (Fsp3) is 1.00. The van der Waals surface area contributed by atoms with Crippen LogP contribution in [0, 0.1) is 0 Å². The molecule has 130 valence electrons. The third-order valence-electron chi connectivity index (χ3n) is 1.71. The van der Waals surface area contributed by atoms with E-state index >= 15 is 0 Å². The van der Waals surface area contributed by atoms with E-state index in [1.165, 1.54) is 0 Å². The topological polar surface area (TPSA) is 66.4 Å². The van der Waals surface area contributed by atoms with Crippen LogP contribution in [0.5, 0.6) is 0 Å². The summed E-state index contributed by atoms with van der Waals surface area (Å²) in [6.45, 7) is -3.45. The molecule has 4 nitrogen and oxygen atoms in total. The Kier molecular flexibility index (Phi) is 7.03. The molecule has 0 aliphatic heterocycles. The zero-order valence-corrected chi connectivity index (χ0v) is 11.1. The van der Waals surface area contributed by atoms with Crippen LogP contribution in [0.3, 0.4) is 0 Å². The van der Waals surface area contributed by atoms with Crippen molar-refractivity contribution in [2.24, 2.45) is 0 Å². The van der Waals surface area contributed by atoms with Gasteiger partial charge < -0.3 is 5.32 Å². The lowest BCUT2D eigenvalue weighted by molar-refractivity contribution is -0.350. The van der Waals surface area contributed by atoms with Gasteiger partial charge in [-0.25, -0.2) is 4.39 Å². The number of rotatable bonds is 5. The van der Waals surface area contributed by atoms with Crippen molar-refractivity contribution in [3.05, 3.63) is 0 Å². The Balaban J connectivity index is 0. The Bertz CT molecular complexity index is 437. The summed E-state index contributed by atoms with van der Waals surface area (Å²) in [5, 5.41) is -4.18. The van der Waals surface area contributed by atoms with Crippen LogP contribution >= 0.6 is 0 Å². The van der Waals surface area contributed by atoms with Crippen LogP contribution in [-0.2, 0) is 10.1 Å². The second-order valence-corrected chi connectivity index (χ2v) is 4.94. The molecule has 0 aliphatic carbocycles. The monoisotopic (exact) mass is 359 g/mol. The van der Waals surface area contributed by atoms with Crippen molar-refractivity contribution in [1.82, 2.24) is 5.32 Å². The molecule has 0 aromatic carbocycles. The molecule has 0 unspecified atom stereocenters. The van der Waals surface area contributed by atoms with Gasteiger partial charge in [-0.3, -0.25) is 4.55 Å². The predicted molar refractivity (Wildman–Crippen MR) is 52.3 cm³/mol. The van der Waals surface area contributed by atoms with E-state index in [-0.39, 0.29) is 0 Å². The molecule has 0 fully saturated rings. The standard InChI is InChI=1S/C5H3F9O3S.C2H7N/c6-1-2(7,8)3(9,10)4(11,12)5(13,14)18(15,16)17;1-3-2/h1H2,(H,15,16,17);3H,1-2H3. The van der Waals surface area contributed by atoms with Gasteiger partial charge in [-0.2, -0.15) is 43.5 Å². The highest BCUT2D eigenvalue weighted by molar-refractivity contribution is 7.87. The lowest BCUT2D eigenvalue weighted by Gasteiger charge is -2.34. The van der Waals surface area contributed by atoms with Crippen LogP contribution in [0.25, 0.3) is 0 Å². The molecule has 14 heteroatoms. The van der Waals surface area contributed by atoms with Crippen molar-refractivity contribution in [2.75, 3.05) is 20.8 Å². The van der Waals surface area contributed by atoms with E-state index in [9.17, 15) is 47.9 Å². The van der Waals surface area contributed by atoms with Crippen molar-refractivity contribution >= 4 is 10.1 Å². The summed E-state index contributed by atoms with van der Waals surface area (Å²) < 4.78 is 137. The summed E-state index contributed by atoms with van der Waals surface area (Å²) >= 11 is 0. The van der Waals surface area contributed by atoms with Crippen LogP contribution in [0.15, 0.2) is 0 Å². The molecule has 21 heavy (non-hydrogen) atoms. The summed E-state index contributed by atoms with van der Waals surface area (Å²) in [5.74, 6) is -20.5. The second kappa shape index (κ2) is 6.56. The summed E-state index contributed by atoms with van der Waals surface area (Å²) in [6, 6.07) is 0. The van der Waals surface area contributed by atoms with E-state index in [0.717, 1.165) is 0 Å². The van der Waals surface area contributed by atoms with Crippen LogP contribution < -0.4 is 5.32 Å². The van der Waals surface area contributed by atoms with Gasteiger partial charge in [-0.05, 0) is 14.1 Å². The van der Waals surface area contributed by atoms with Gasteiger partial charge in [0.25, 0.3) is 0 Å². The summed E-state index contributed by atoms with van der Waals surface area (Å²) in [4.78, 5) is 0. The van der Waals surface area contributed by atoms with Crippen molar-refractivity contribution < 1.29 is 52.5 Å². The highest BCUT2D eigenvalue weighted by atomic mass is 32.2. The molecule has 0 heterocycles. The summed E-state index contributed by atoms with van der Waals surface area (Å²) in [5.41, 5.74) is 0. The molecule has 0 bridgehead atoms. The summed E-state index contributed by atoms with van der Waals surface area (Å²) in [6.07, 6.45) is 0. The number of hydrogen-bond donors (Lipinski definition) is 2. The molecule has 0 spiro atoms. The van der Waals surface area contributed by atoms with Gasteiger partial charge >= 0.3 is 33.1 Å². The molecule has 2 N–H and O–H groups in total. The molecule has 0 rings (SSSR count). The van der Waals surface area contributed by atoms with Gasteiger partial charge in [0.1, 0.15) is 0 Å². The van der Waals surface area contributed by atoms with E-state index in [2.05, 4.69) is 5.32 Å². The molecule has 0 atom stereocenters. The minimum atomic E-state index is -7.23. The Morgan fingerprint density at radius 3 is 1.38 bits per heavy atom. The Hall–Kier alpha value is -0.760. The number of hydrogen-bond acceptors (Lipinski definition) is 3. The third-order valence-corrected chi connectivity index (χ3v) is 2.62. The fourth-order valence-electron chi connectivity index (χ4n) is 0.658. The molecule has 0 aromatic rings. The molecule has 0 amide bonds. The van der Waals surface area contributed by atoms with Crippen LogP contribution in [0.1, 0.15) is 0 Å². The van der Waals surface area contributed by atoms with Crippen molar-refractivity contribution in [3.8, 4) is 0 Å². The zero-order valence-electron chi connectivity index (χ0n) is 10.3. The normalized spacial score (nSPS) is 14.5. The molecular weight excluding hydrogens is 349 g/mol. The third kappa shape index (κ3) is 3.91. The molecule has 0 aromatic heterocycles. The van der Waals surface area contributed by atoms with E-state index in [1.54, 1.807) is 0 Å². The Morgan fingerprint density at radius 2 is 1.19 bits per heavy atom. The number of nitrogens with one attached hydrogen (secondary N) is 1. The predicted octanol–water partition coefficient (Wildman–Crippen LogP) is 2.18. The van der Waals surface area contributed by atoms with Gasteiger partial charge in [-0.15, -0.1) is 0 Å². The Morgan fingerprint density at radius 1 is 0.905 bits per heavy atom. The first kappa shape index (κ1) is 22.5. The van der Waals surface area contributed by atoms with Crippen LogP contribution in [0.2, 0.25) is 0 Å². The molecular formula is C7H10F9NO3S. The molecule has 0 saturated carbocycles. The maximum atomic E-state index is 12.5. The Labute approximate surface area is 113 Å². The zero-order chi connectivity index (χ0) is 17.9. The van der Waals surface area contributed by atoms with Gasteiger partial charge in [0.15, 0.2) is 6.67 Å².